The van der Waals surface area contributed by atoms with Crippen molar-refractivity contribution < 1.29 is 4.79 Å². The first-order valence-electron chi connectivity index (χ1n) is 8.46. The summed E-state index contributed by atoms with van der Waals surface area (Å²) in [5.74, 6) is 0.674. The molecule has 1 heterocycles. The van der Waals surface area contributed by atoms with Crippen molar-refractivity contribution in [2.75, 3.05) is 5.32 Å². The summed E-state index contributed by atoms with van der Waals surface area (Å²) in [5.41, 5.74) is 2.73. The van der Waals surface area contributed by atoms with Crippen LogP contribution in [0.25, 0.3) is 11.0 Å². The normalized spacial score (nSPS) is 11.5. The van der Waals surface area contributed by atoms with Gasteiger partial charge in [-0.3, -0.25) is 4.79 Å². The maximum Gasteiger partial charge on any atom is 0.240 e. The van der Waals surface area contributed by atoms with E-state index in [0.29, 0.717) is 12.5 Å². The van der Waals surface area contributed by atoms with E-state index in [-0.39, 0.29) is 18.0 Å². The number of nitrogens with one attached hydrogen (secondary N) is 2. The Morgan fingerprint density at radius 3 is 2.44 bits per heavy atom. The maximum atomic E-state index is 12.4. The molecule has 2 N–H and O–H groups in total. The first-order chi connectivity index (χ1) is 11.9. The van der Waals surface area contributed by atoms with E-state index in [0.717, 1.165) is 11.0 Å². The Balaban J connectivity index is 1.85. The first-order valence-corrected chi connectivity index (χ1v) is 8.46. The standard InChI is InChI=1S/C20H24N4O/c1-20(2,3)23-18(25)14-24-17-12-8-7-11-16(17)22-19(24)21-13-15-9-5-4-6-10-15/h4-12H,13-14H2,1-3H3,(H,21,22)(H,23,25). The van der Waals surface area contributed by atoms with Gasteiger partial charge in [0, 0.05) is 12.1 Å². The second kappa shape index (κ2) is 6.97. The second-order valence-electron chi connectivity index (χ2n) is 7.15. The Morgan fingerprint density at radius 1 is 1.04 bits per heavy atom. The fourth-order valence-electron chi connectivity index (χ4n) is 2.75. The summed E-state index contributed by atoms with van der Waals surface area (Å²) < 4.78 is 1.93. The van der Waals surface area contributed by atoms with Gasteiger partial charge in [0.05, 0.1) is 11.0 Å². The topological polar surface area (TPSA) is 59.0 Å². The zero-order valence-corrected chi connectivity index (χ0v) is 14.9. The Morgan fingerprint density at radius 2 is 1.72 bits per heavy atom. The lowest BCUT2D eigenvalue weighted by molar-refractivity contribution is -0.122. The van der Waals surface area contributed by atoms with Crippen LogP contribution in [0.15, 0.2) is 54.6 Å². The molecule has 0 aliphatic carbocycles. The van der Waals surface area contributed by atoms with E-state index < -0.39 is 0 Å². The van der Waals surface area contributed by atoms with Crippen molar-refractivity contribution in [1.82, 2.24) is 14.9 Å². The molecule has 0 unspecified atom stereocenters. The summed E-state index contributed by atoms with van der Waals surface area (Å²) in [4.78, 5) is 17.1. The molecule has 5 heteroatoms. The number of amides is 1. The lowest BCUT2D eigenvalue weighted by Gasteiger charge is -2.21. The molecule has 0 saturated heterocycles. The molecule has 0 fully saturated rings. The average Bonchev–Trinajstić information content (AvgIpc) is 2.90. The molecule has 130 valence electrons. The largest absolute Gasteiger partial charge is 0.352 e. The van der Waals surface area contributed by atoms with Gasteiger partial charge in [-0.2, -0.15) is 0 Å². The van der Waals surface area contributed by atoms with Gasteiger partial charge in [-0.25, -0.2) is 4.98 Å². The van der Waals surface area contributed by atoms with Crippen LogP contribution in [0.3, 0.4) is 0 Å². The number of anilines is 1. The van der Waals surface area contributed by atoms with Crippen molar-refractivity contribution >= 4 is 22.9 Å². The number of nitrogens with zero attached hydrogens (tertiary/aromatic N) is 2. The van der Waals surface area contributed by atoms with Gasteiger partial charge in [0.25, 0.3) is 0 Å². The Labute approximate surface area is 148 Å². The highest BCUT2D eigenvalue weighted by Crippen LogP contribution is 2.20. The smallest absolute Gasteiger partial charge is 0.240 e. The highest BCUT2D eigenvalue weighted by Gasteiger charge is 2.17. The van der Waals surface area contributed by atoms with Crippen LogP contribution in [0.4, 0.5) is 5.95 Å². The molecule has 1 amide bonds. The summed E-state index contributed by atoms with van der Waals surface area (Å²) in [7, 11) is 0. The van der Waals surface area contributed by atoms with Crippen molar-refractivity contribution in [3.8, 4) is 0 Å². The number of benzene rings is 2. The zero-order chi connectivity index (χ0) is 17.9. The lowest BCUT2D eigenvalue weighted by Crippen LogP contribution is -2.42. The molecule has 25 heavy (non-hydrogen) atoms. The monoisotopic (exact) mass is 336 g/mol. The van der Waals surface area contributed by atoms with Gasteiger partial charge in [-0.05, 0) is 38.5 Å². The van der Waals surface area contributed by atoms with Gasteiger partial charge in [0.2, 0.25) is 11.9 Å². The molecule has 1 aromatic heterocycles. The minimum absolute atomic E-state index is 0.0292. The van der Waals surface area contributed by atoms with Crippen LogP contribution in [-0.4, -0.2) is 21.0 Å². The van der Waals surface area contributed by atoms with E-state index in [2.05, 4.69) is 27.8 Å². The van der Waals surface area contributed by atoms with Gasteiger partial charge in [-0.15, -0.1) is 0 Å². The molecule has 3 rings (SSSR count). The fraction of sp³-hybridized carbons (Fsp3) is 0.300. The first kappa shape index (κ1) is 17.0. The molecule has 0 atom stereocenters. The van der Waals surface area contributed by atoms with Crippen LogP contribution in [0.1, 0.15) is 26.3 Å². The number of hydrogen-bond donors (Lipinski definition) is 2. The molecular weight excluding hydrogens is 312 g/mol. The van der Waals surface area contributed by atoms with Crippen LogP contribution in [0.5, 0.6) is 0 Å². The quantitative estimate of drug-likeness (QED) is 0.749. The van der Waals surface area contributed by atoms with Crippen molar-refractivity contribution in [3.05, 3.63) is 60.2 Å². The molecule has 5 nitrogen and oxygen atoms in total. The molecule has 0 aliphatic rings. The molecular formula is C20H24N4O. The fourth-order valence-corrected chi connectivity index (χ4v) is 2.75. The van der Waals surface area contributed by atoms with Crippen LogP contribution in [-0.2, 0) is 17.9 Å². The molecule has 0 saturated carbocycles. The molecule has 0 radical (unpaired) electrons. The number of carbonyl (C=O) groups is 1. The number of rotatable bonds is 5. The number of hydrogen-bond acceptors (Lipinski definition) is 3. The minimum atomic E-state index is -0.259. The van der Waals surface area contributed by atoms with Gasteiger partial charge in [-0.1, -0.05) is 42.5 Å². The summed E-state index contributed by atoms with van der Waals surface area (Å²) in [6.45, 7) is 6.82. The highest BCUT2D eigenvalue weighted by atomic mass is 16.2. The van der Waals surface area contributed by atoms with Crippen LogP contribution >= 0.6 is 0 Å². The minimum Gasteiger partial charge on any atom is -0.352 e. The third-order valence-electron chi connectivity index (χ3n) is 3.76. The molecule has 0 bridgehead atoms. The zero-order valence-electron chi connectivity index (χ0n) is 14.9. The summed E-state index contributed by atoms with van der Waals surface area (Å²) in [6.07, 6.45) is 0. The van der Waals surface area contributed by atoms with E-state index in [1.807, 2.05) is 67.8 Å². The number of imidazole rings is 1. The Bertz CT molecular complexity index is 862. The Kier molecular flexibility index (Phi) is 4.74. The molecule has 3 aromatic rings. The van der Waals surface area contributed by atoms with Crippen molar-refractivity contribution in [2.45, 2.75) is 39.4 Å². The Hall–Kier alpha value is -2.82. The van der Waals surface area contributed by atoms with Crippen molar-refractivity contribution in [2.24, 2.45) is 0 Å². The second-order valence-corrected chi connectivity index (χ2v) is 7.15. The number of para-hydroxylation sites is 2. The van der Waals surface area contributed by atoms with Gasteiger partial charge >= 0.3 is 0 Å². The third-order valence-corrected chi connectivity index (χ3v) is 3.76. The average molecular weight is 336 g/mol. The maximum absolute atomic E-state index is 12.4. The summed E-state index contributed by atoms with van der Waals surface area (Å²) in [6, 6.07) is 18.0. The lowest BCUT2D eigenvalue weighted by atomic mass is 10.1. The number of carbonyl (C=O) groups excluding carboxylic acids is 1. The molecule has 0 aliphatic heterocycles. The van der Waals surface area contributed by atoms with E-state index in [9.17, 15) is 4.79 Å². The van der Waals surface area contributed by atoms with Crippen molar-refractivity contribution in [1.29, 1.82) is 0 Å². The van der Waals surface area contributed by atoms with Gasteiger partial charge < -0.3 is 15.2 Å². The van der Waals surface area contributed by atoms with E-state index in [1.54, 1.807) is 0 Å². The van der Waals surface area contributed by atoms with E-state index >= 15 is 0 Å². The predicted octanol–water partition coefficient (Wildman–Crippen LogP) is 3.56. The summed E-state index contributed by atoms with van der Waals surface area (Å²) in [5, 5.41) is 6.37. The van der Waals surface area contributed by atoms with E-state index in [4.69, 9.17) is 0 Å². The number of fused-ring (bicyclic) bond motifs is 1. The van der Waals surface area contributed by atoms with Crippen LogP contribution in [0, 0.1) is 0 Å². The molecule has 0 spiro atoms. The van der Waals surface area contributed by atoms with Crippen LogP contribution in [0.2, 0.25) is 0 Å². The third kappa shape index (κ3) is 4.38. The SMILES string of the molecule is CC(C)(C)NC(=O)Cn1c(NCc2ccccc2)nc2ccccc21. The summed E-state index contributed by atoms with van der Waals surface area (Å²) >= 11 is 0. The molecule has 2 aromatic carbocycles. The van der Waals surface area contributed by atoms with Crippen molar-refractivity contribution in [3.63, 3.8) is 0 Å². The van der Waals surface area contributed by atoms with Gasteiger partial charge in [0.1, 0.15) is 6.54 Å². The number of aromatic nitrogens is 2. The van der Waals surface area contributed by atoms with Gasteiger partial charge in [0.15, 0.2) is 0 Å². The highest BCUT2D eigenvalue weighted by molar-refractivity contribution is 5.83. The van der Waals surface area contributed by atoms with Crippen LogP contribution < -0.4 is 10.6 Å². The predicted molar refractivity (Wildman–Crippen MR) is 101 cm³/mol. The van der Waals surface area contributed by atoms with E-state index in [1.165, 1.54) is 5.56 Å².